The van der Waals surface area contributed by atoms with Gasteiger partial charge in [-0.15, -0.1) is 0 Å². The molecule has 15 heavy (non-hydrogen) atoms. The molecule has 78 valence electrons. The van der Waals surface area contributed by atoms with E-state index in [0.29, 0.717) is 6.42 Å². The van der Waals surface area contributed by atoms with Crippen LogP contribution in [0.2, 0.25) is 0 Å². The molecule has 0 bridgehead atoms. The van der Waals surface area contributed by atoms with Crippen LogP contribution in [0.5, 0.6) is 0 Å². The molecule has 2 aliphatic rings. The molecule has 2 aliphatic heterocycles. The summed E-state index contributed by atoms with van der Waals surface area (Å²) in [6.45, 7) is 1.56. The Balaban J connectivity index is 1.85. The predicted octanol–water partition coefficient (Wildman–Crippen LogP) is 1.36. The Morgan fingerprint density at radius 3 is 2.93 bits per heavy atom. The molecule has 1 aromatic carbocycles. The van der Waals surface area contributed by atoms with Gasteiger partial charge >= 0.3 is 0 Å². The summed E-state index contributed by atoms with van der Waals surface area (Å²) < 4.78 is 5.36. The van der Waals surface area contributed by atoms with E-state index in [4.69, 9.17) is 4.74 Å². The van der Waals surface area contributed by atoms with Gasteiger partial charge in [0.2, 0.25) is 5.91 Å². The minimum atomic E-state index is 0.201. The van der Waals surface area contributed by atoms with Crippen LogP contribution in [0, 0.1) is 0 Å². The van der Waals surface area contributed by atoms with E-state index in [9.17, 15) is 4.79 Å². The van der Waals surface area contributed by atoms with Crippen molar-refractivity contribution in [2.45, 2.75) is 18.9 Å². The summed E-state index contributed by atoms with van der Waals surface area (Å²) in [6.07, 6.45) is 1.87. The highest BCUT2D eigenvalue weighted by molar-refractivity contribution is 6.01. The number of amides is 1. The molecule has 1 amide bonds. The van der Waals surface area contributed by atoms with Gasteiger partial charge in [0, 0.05) is 12.3 Å². The van der Waals surface area contributed by atoms with Crippen LogP contribution >= 0.6 is 0 Å². The molecule has 1 aromatic rings. The summed E-state index contributed by atoms with van der Waals surface area (Å²) >= 11 is 0. The summed E-state index contributed by atoms with van der Waals surface area (Å²) in [5.74, 6) is 0.201. The van der Waals surface area contributed by atoms with E-state index in [1.54, 1.807) is 0 Å². The number of carbonyl (C=O) groups excluding carboxylic acids is 1. The van der Waals surface area contributed by atoms with Gasteiger partial charge in [-0.2, -0.15) is 0 Å². The highest BCUT2D eigenvalue weighted by atomic mass is 16.5. The molecule has 3 nitrogen and oxygen atoms in total. The zero-order valence-corrected chi connectivity index (χ0v) is 8.48. The summed E-state index contributed by atoms with van der Waals surface area (Å²) in [4.78, 5) is 13.6. The van der Waals surface area contributed by atoms with E-state index in [2.05, 4.69) is 0 Å². The lowest BCUT2D eigenvalue weighted by molar-refractivity contribution is -0.118. The third kappa shape index (κ3) is 1.43. The number of para-hydroxylation sites is 1. The summed E-state index contributed by atoms with van der Waals surface area (Å²) in [5, 5.41) is 0. The van der Waals surface area contributed by atoms with Gasteiger partial charge in [0.1, 0.15) is 0 Å². The van der Waals surface area contributed by atoms with Crippen molar-refractivity contribution in [2.75, 3.05) is 18.1 Å². The van der Waals surface area contributed by atoms with Gasteiger partial charge in [-0.1, -0.05) is 18.2 Å². The van der Waals surface area contributed by atoms with Crippen LogP contribution in [-0.2, 0) is 16.0 Å². The predicted molar refractivity (Wildman–Crippen MR) is 56.9 cm³/mol. The lowest BCUT2D eigenvalue weighted by atomic mass is 10.1. The van der Waals surface area contributed by atoms with Crippen molar-refractivity contribution in [3.05, 3.63) is 29.8 Å². The van der Waals surface area contributed by atoms with Gasteiger partial charge in [-0.05, 0) is 18.1 Å². The van der Waals surface area contributed by atoms with Crippen molar-refractivity contribution in [3.63, 3.8) is 0 Å². The smallest absolute Gasteiger partial charge is 0.231 e. The topological polar surface area (TPSA) is 29.5 Å². The summed E-state index contributed by atoms with van der Waals surface area (Å²) in [6, 6.07) is 8.00. The number of hydrogen-bond acceptors (Lipinski definition) is 2. The van der Waals surface area contributed by atoms with Crippen LogP contribution in [0.3, 0.4) is 0 Å². The normalized spacial score (nSPS) is 23.9. The molecule has 1 saturated heterocycles. The Kier molecular flexibility index (Phi) is 1.99. The van der Waals surface area contributed by atoms with E-state index < -0.39 is 0 Å². The van der Waals surface area contributed by atoms with Crippen LogP contribution in [0.4, 0.5) is 5.69 Å². The summed E-state index contributed by atoms with van der Waals surface area (Å²) in [7, 11) is 0. The minimum absolute atomic E-state index is 0.201. The van der Waals surface area contributed by atoms with Crippen LogP contribution in [0.1, 0.15) is 12.0 Å². The zero-order chi connectivity index (χ0) is 10.3. The Labute approximate surface area is 88.6 Å². The molecule has 3 rings (SSSR count). The molecular weight excluding hydrogens is 190 g/mol. The second kappa shape index (κ2) is 3.35. The van der Waals surface area contributed by atoms with E-state index in [-0.39, 0.29) is 12.0 Å². The number of fused-ring (bicyclic) bond motifs is 1. The fourth-order valence-electron chi connectivity index (χ4n) is 2.15. The molecule has 2 heterocycles. The molecular formula is C12H13NO2. The van der Waals surface area contributed by atoms with Gasteiger partial charge in [0.15, 0.2) is 0 Å². The van der Waals surface area contributed by atoms with Crippen molar-refractivity contribution in [1.82, 2.24) is 0 Å². The van der Waals surface area contributed by atoms with Crippen molar-refractivity contribution in [2.24, 2.45) is 0 Å². The molecule has 0 aromatic heterocycles. The number of carbonyl (C=O) groups is 1. The monoisotopic (exact) mass is 203 g/mol. The van der Waals surface area contributed by atoms with Gasteiger partial charge < -0.3 is 9.64 Å². The minimum Gasteiger partial charge on any atom is -0.376 e. The molecule has 1 fully saturated rings. The number of anilines is 1. The first-order chi connectivity index (χ1) is 7.34. The Morgan fingerprint density at radius 2 is 2.20 bits per heavy atom. The number of nitrogens with zero attached hydrogens (tertiary/aromatic N) is 1. The molecule has 1 unspecified atom stereocenters. The Hall–Kier alpha value is -1.35. The average molecular weight is 203 g/mol. The molecule has 0 radical (unpaired) electrons. The third-order valence-electron chi connectivity index (χ3n) is 3.10. The molecule has 0 N–H and O–H groups in total. The first kappa shape index (κ1) is 8.92. The van der Waals surface area contributed by atoms with Gasteiger partial charge in [0.25, 0.3) is 0 Å². The lowest BCUT2D eigenvalue weighted by Gasteiger charge is -2.30. The highest BCUT2D eigenvalue weighted by Gasteiger charge is 2.30. The van der Waals surface area contributed by atoms with Gasteiger partial charge in [-0.3, -0.25) is 4.79 Å². The van der Waals surface area contributed by atoms with Crippen molar-refractivity contribution < 1.29 is 9.53 Å². The van der Waals surface area contributed by atoms with Gasteiger partial charge in [0.05, 0.1) is 19.1 Å². The van der Waals surface area contributed by atoms with Crippen LogP contribution in [0.25, 0.3) is 0 Å². The van der Waals surface area contributed by atoms with E-state index in [1.165, 1.54) is 0 Å². The fourth-order valence-corrected chi connectivity index (χ4v) is 2.15. The molecule has 3 heteroatoms. The number of hydrogen-bond donors (Lipinski definition) is 0. The maximum Gasteiger partial charge on any atom is 0.231 e. The molecule has 0 aliphatic carbocycles. The van der Waals surface area contributed by atoms with Crippen LogP contribution < -0.4 is 4.90 Å². The lowest BCUT2D eigenvalue weighted by Crippen LogP contribution is -2.41. The molecule has 0 spiro atoms. The molecule has 1 atom stereocenters. The van der Waals surface area contributed by atoms with Gasteiger partial charge in [-0.25, -0.2) is 0 Å². The first-order valence-electron chi connectivity index (χ1n) is 5.34. The Morgan fingerprint density at radius 1 is 1.40 bits per heavy atom. The number of rotatable bonds is 2. The van der Waals surface area contributed by atoms with E-state index >= 15 is 0 Å². The van der Waals surface area contributed by atoms with Crippen molar-refractivity contribution in [1.29, 1.82) is 0 Å². The molecule has 0 saturated carbocycles. The van der Waals surface area contributed by atoms with Crippen molar-refractivity contribution >= 4 is 11.6 Å². The second-order valence-electron chi connectivity index (χ2n) is 4.09. The maximum absolute atomic E-state index is 11.8. The van der Waals surface area contributed by atoms with Crippen LogP contribution in [-0.4, -0.2) is 25.2 Å². The van der Waals surface area contributed by atoms with E-state index in [1.807, 2.05) is 29.2 Å². The van der Waals surface area contributed by atoms with E-state index in [0.717, 1.165) is 30.8 Å². The first-order valence-corrected chi connectivity index (χ1v) is 5.34. The van der Waals surface area contributed by atoms with Crippen molar-refractivity contribution in [3.8, 4) is 0 Å². The maximum atomic E-state index is 11.8. The standard InChI is InChI=1S/C12H13NO2/c14-12-7-9-3-1-2-4-11(9)13(12)8-10-5-6-15-10/h1-4,10H,5-8H2. The SMILES string of the molecule is O=C1Cc2ccccc2N1CC1CCO1. The fraction of sp³-hybridized carbons (Fsp3) is 0.417. The Bertz CT molecular complexity index is 398. The number of benzene rings is 1. The quantitative estimate of drug-likeness (QED) is 0.726. The number of ether oxygens (including phenoxy) is 1. The zero-order valence-electron chi connectivity index (χ0n) is 8.48. The highest BCUT2D eigenvalue weighted by Crippen LogP contribution is 2.29. The largest absolute Gasteiger partial charge is 0.376 e. The second-order valence-corrected chi connectivity index (χ2v) is 4.09. The average Bonchev–Trinajstić information content (AvgIpc) is 2.48. The third-order valence-corrected chi connectivity index (χ3v) is 3.10. The summed E-state index contributed by atoms with van der Waals surface area (Å²) in [5.41, 5.74) is 2.21. The van der Waals surface area contributed by atoms with Crippen LogP contribution in [0.15, 0.2) is 24.3 Å².